The third-order valence-electron chi connectivity index (χ3n) is 2.75. The van der Waals surface area contributed by atoms with E-state index in [2.05, 4.69) is 26.0 Å². The van der Waals surface area contributed by atoms with Crippen LogP contribution in [0.3, 0.4) is 0 Å². The van der Waals surface area contributed by atoms with Crippen LogP contribution in [0.25, 0.3) is 0 Å². The summed E-state index contributed by atoms with van der Waals surface area (Å²) in [5.41, 5.74) is 1.11. The van der Waals surface area contributed by atoms with E-state index in [0.29, 0.717) is 17.0 Å². The number of rotatable bonds is 5. The summed E-state index contributed by atoms with van der Waals surface area (Å²) >= 11 is 3.33. The van der Waals surface area contributed by atoms with Gasteiger partial charge in [0.25, 0.3) is 5.91 Å². The molecule has 1 N–H and O–H groups in total. The number of carbonyl (C=O) groups excluding carboxylic acids is 2. The first-order chi connectivity index (χ1) is 10.6. The second-order valence-electron chi connectivity index (χ2n) is 4.36. The monoisotopic (exact) mass is 363 g/mol. The third-order valence-corrected chi connectivity index (χ3v) is 3.25. The van der Waals surface area contributed by atoms with Gasteiger partial charge in [-0.15, -0.1) is 0 Å². The van der Waals surface area contributed by atoms with Gasteiger partial charge in [-0.25, -0.2) is 4.79 Å². The molecule has 0 aliphatic rings. The summed E-state index contributed by atoms with van der Waals surface area (Å²) in [6.45, 7) is -0.121. The Morgan fingerprint density at radius 3 is 2.50 bits per heavy atom. The fourth-order valence-corrected chi connectivity index (χ4v) is 2.12. The summed E-state index contributed by atoms with van der Waals surface area (Å²) in [4.78, 5) is 23.1. The van der Waals surface area contributed by atoms with Gasteiger partial charge in [0, 0.05) is 10.2 Å². The minimum absolute atomic E-state index is 0.121. The molecule has 0 aromatic heterocycles. The Kier molecular flexibility index (Phi) is 5.55. The Hall–Kier alpha value is -2.34. The fraction of sp³-hybridized carbons (Fsp3) is 0.125. The number of esters is 1. The Morgan fingerprint density at radius 1 is 1.14 bits per heavy atom. The molecule has 2 rings (SSSR count). The number of hydrogen-bond donors (Lipinski definition) is 1. The van der Waals surface area contributed by atoms with E-state index in [0.717, 1.165) is 4.47 Å². The molecule has 0 unspecified atom stereocenters. The first kappa shape index (κ1) is 16.0. The molecule has 0 radical (unpaired) electrons. The molecule has 5 nitrogen and oxygen atoms in total. The van der Waals surface area contributed by atoms with Gasteiger partial charge < -0.3 is 14.8 Å². The predicted molar refractivity (Wildman–Crippen MR) is 86.0 cm³/mol. The maximum absolute atomic E-state index is 11.8. The van der Waals surface area contributed by atoms with E-state index in [1.807, 2.05) is 12.1 Å². The van der Waals surface area contributed by atoms with Crippen LogP contribution in [0.2, 0.25) is 0 Å². The van der Waals surface area contributed by atoms with Crippen molar-refractivity contribution < 1.29 is 19.1 Å². The minimum Gasteiger partial charge on any atom is -0.484 e. The van der Waals surface area contributed by atoms with Crippen LogP contribution in [0.4, 0.5) is 5.69 Å². The molecule has 0 bridgehead atoms. The number of amides is 1. The number of benzene rings is 2. The van der Waals surface area contributed by atoms with Crippen LogP contribution < -0.4 is 10.1 Å². The SMILES string of the molecule is COC(=O)c1ccc(OCC(=O)Nc2cccc(Br)c2)cc1. The zero-order valence-corrected chi connectivity index (χ0v) is 13.4. The van der Waals surface area contributed by atoms with Crippen molar-refractivity contribution in [1.82, 2.24) is 0 Å². The summed E-state index contributed by atoms with van der Waals surface area (Å²) in [5, 5.41) is 2.72. The van der Waals surface area contributed by atoms with Crippen molar-refractivity contribution in [2.75, 3.05) is 19.0 Å². The van der Waals surface area contributed by atoms with Crippen LogP contribution in [-0.4, -0.2) is 25.6 Å². The summed E-state index contributed by atoms with van der Waals surface area (Å²) in [6, 6.07) is 13.6. The van der Waals surface area contributed by atoms with E-state index in [9.17, 15) is 9.59 Å². The van der Waals surface area contributed by atoms with Crippen molar-refractivity contribution >= 4 is 33.5 Å². The number of carbonyl (C=O) groups is 2. The lowest BCUT2D eigenvalue weighted by atomic mass is 10.2. The average molecular weight is 364 g/mol. The normalized spacial score (nSPS) is 9.91. The maximum Gasteiger partial charge on any atom is 0.337 e. The Bertz CT molecular complexity index is 670. The van der Waals surface area contributed by atoms with Crippen LogP contribution in [0.1, 0.15) is 10.4 Å². The van der Waals surface area contributed by atoms with Gasteiger partial charge in [0.2, 0.25) is 0 Å². The van der Waals surface area contributed by atoms with E-state index in [-0.39, 0.29) is 12.5 Å². The molecule has 0 aliphatic heterocycles. The molecule has 0 spiro atoms. The molecule has 1 amide bonds. The summed E-state index contributed by atoms with van der Waals surface area (Å²) in [7, 11) is 1.32. The van der Waals surface area contributed by atoms with Crippen LogP contribution >= 0.6 is 15.9 Å². The number of nitrogens with one attached hydrogen (secondary N) is 1. The zero-order chi connectivity index (χ0) is 15.9. The Labute approximate surface area is 136 Å². The lowest BCUT2D eigenvalue weighted by Gasteiger charge is -2.08. The molecule has 2 aromatic carbocycles. The van der Waals surface area contributed by atoms with Gasteiger partial charge in [0.05, 0.1) is 12.7 Å². The highest BCUT2D eigenvalue weighted by atomic mass is 79.9. The van der Waals surface area contributed by atoms with Crippen molar-refractivity contribution in [3.8, 4) is 5.75 Å². The second kappa shape index (κ2) is 7.61. The molecule has 0 atom stereocenters. The van der Waals surface area contributed by atoms with E-state index in [1.54, 1.807) is 36.4 Å². The number of ether oxygens (including phenoxy) is 2. The first-order valence-electron chi connectivity index (χ1n) is 6.45. The van der Waals surface area contributed by atoms with Gasteiger partial charge in [-0.2, -0.15) is 0 Å². The van der Waals surface area contributed by atoms with E-state index in [1.165, 1.54) is 7.11 Å². The molecule has 0 heterocycles. The topological polar surface area (TPSA) is 64.6 Å². The summed E-state index contributed by atoms with van der Waals surface area (Å²) in [5.74, 6) is -0.189. The zero-order valence-electron chi connectivity index (χ0n) is 11.8. The maximum atomic E-state index is 11.8. The molecule has 22 heavy (non-hydrogen) atoms. The molecule has 2 aromatic rings. The molecule has 0 saturated heterocycles. The van der Waals surface area contributed by atoms with Crippen molar-refractivity contribution in [2.24, 2.45) is 0 Å². The number of methoxy groups -OCH3 is 1. The smallest absolute Gasteiger partial charge is 0.337 e. The van der Waals surface area contributed by atoms with Crippen molar-refractivity contribution in [3.63, 3.8) is 0 Å². The van der Waals surface area contributed by atoms with Crippen molar-refractivity contribution in [3.05, 3.63) is 58.6 Å². The Balaban J connectivity index is 1.87. The predicted octanol–water partition coefficient (Wildman–Crippen LogP) is 3.25. The third kappa shape index (κ3) is 4.60. The van der Waals surface area contributed by atoms with Crippen LogP contribution in [0.5, 0.6) is 5.75 Å². The standard InChI is InChI=1S/C16H14BrNO4/c1-21-16(20)11-5-7-14(8-6-11)22-10-15(19)18-13-4-2-3-12(17)9-13/h2-9H,10H2,1H3,(H,18,19). The largest absolute Gasteiger partial charge is 0.484 e. The molecular weight excluding hydrogens is 350 g/mol. The summed E-state index contributed by atoms with van der Waals surface area (Å²) in [6.07, 6.45) is 0. The van der Waals surface area contributed by atoms with Gasteiger partial charge in [-0.1, -0.05) is 22.0 Å². The molecular formula is C16H14BrNO4. The first-order valence-corrected chi connectivity index (χ1v) is 7.24. The molecule has 0 saturated carbocycles. The van der Waals surface area contributed by atoms with Crippen LogP contribution in [0.15, 0.2) is 53.0 Å². The highest BCUT2D eigenvalue weighted by Gasteiger charge is 2.07. The van der Waals surface area contributed by atoms with E-state index in [4.69, 9.17) is 4.74 Å². The van der Waals surface area contributed by atoms with Gasteiger partial charge in [-0.05, 0) is 42.5 Å². The molecule has 114 valence electrons. The van der Waals surface area contributed by atoms with Crippen LogP contribution in [0, 0.1) is 0 Å². The van der Waals surface area contributed by atoms with Crippen molar-refractivity contribution in [2.45, 2.75) is 0 Å². The molecule has 0 aliphatic carbocycles. The molecule has 0 fully saturated rings. The summed E-state index contributed by atoms with van der Waals surface area (Å²) < 4.78 is 10.8. The van der Waals surface area contributed by atoms with Gasteiger partial charge >= 0.3 is 5.97 Å². The highest BCUT2D eigenvalue weighted by molar-refractivity contribution is 9.10. The van der Waals surface area contributed by atoms with Gasteiger partial charge in [0.1, 0.15) is 5.75 Å². The average Bonchev–Trinajstić information content (AvgIpc) is 2.52. The van der Waals surface area contributed by atoms with E-state index >= 15 is 0 Å². The highest BCUT2D eigenvalue weighted by Crippen LogP contribution is 2.16. The Morgan fingerprint density at radius 2 is 1.86 bits per heavy atom. The number of hydrogen-bond acceptors (Lipinski definition) is 4. The minimum atomic E-state index is -0.418. The van der Waals surface area contributed by atoms with Gasteiger partial charge in [-0.3, -0.25) is 4.79 Å². The quantitative estimate of drug-likeness (QED) is 0.828. The molecule has 6 heteroatoms. The second-order valence-corrected chi connectivity index (χ2v) is 5.28. The lowest BCUT2D eigenvalue weighted by Crippen LogP contribution is -2.20. The number of anilines is 1. The van der Waals surface area contributed by atoms with Crippen molar-refractivity contribution in [1.29, 1.82) is 0 Å². The van der Waals surface area contributed by atoms with Gasteiger partial charge in [0.15, 0.2) is 6.61 Å². The van der Waals surface area contributed by atoms with Crippen LogP contribution in [-0.2, 0) is 9.53 Å². The fourth-order valence-electron chi connectivity index (χ4n) is 1.72. The number of halogens is 1. The van der Waals surface area contributed by atoms with E-state index < -0.39 is 5.97 Å². The lowest BCUT2D eigenvalue weighted by molar-refractivity contribution is -0.118.